The fourth-order valence-electron chi connectivity index (χ4n) is 3.45. The second kappa shape index (κ2) is 6.70. The van der Waals surface area contributed by atoms with Crippen molar-refractivity contribution in [3.63, 3.8) is 0 Å². The number of rotatable bonds is 4. The molecule has 3 rings (SSSR count). The topological polar surface area (TPSA) is 24.5 Å². The Hall–Kier alpha value is -0.900. The molecule has 2 aliphatic heterocycles. The first-order chi connectivity index (χ1) is 9.83. The molecule has 1 N–H and O–H groups in total. The van der Waals surface area contributed by atoms with Crippen LogP contribution in [0.3, 0.4) is 0 Å². The molecule has 2 atom stereocenters. The van der Waals surface area contributed by atoms with E-state index in [9.17, 15) is 0 Å². The van der Waals surface area contributed by atoms with E-state index >= 15 is 0 Å². The van der Waals surface area contributed by atoms with Gasteiger partial charge in [0.1, 0.15) is 0 Å². The lowest BCUT2D eigenvalue weighted by molar-refractivity contribution is 0.0762. The molecule has 2 unspecified atom stereocenters. The Bertz CT molecular complexity index is 429. The highest BCUT2D eigenvalue weighted by atomic mass is 16.5. The molecular weight excluding hydrogens is 248 g/mol. The molecule has 20 heavy (non-hydrogen) atoms. The third kappa shape index (κ3) is 3.40. The third-order valence-electron chi connectivity index (χ3n) is 4.44. The maximum absolute atomic E-state index is 5.72. The predicted molar refractivity (Wildman–Crippen MR) is 81.7 cm³/mol. The van der Waals surface area contributed by atoms with Crippen LogP contribution in [-0.2, 0) is 11.3 Å². The Morgan fingerprint density at radius 1 is 1.25 bits per heavy atom. The SMILES string of the molecule is CC(CN1CCCCC1)NC1COCc2ccccc21. The molecule has 0 bridgehead atoms. The van der Waals surface area contributed by atoms with Gasteiger partial charge in [0.25, 0.3) is 0 Å². The summed E-state index contributed by atoms with van der Waals surface area (Å²) in [5.41, 5.74) is 2.76. The number of hydrogen-bond donors (Lipinski definition) is 1. The van der Waals surface area contributed by atoms with Crippen molar-refractivity contribution < 1.29 is 4.74 Å². The van der Waals surface area contributed by atoms with Crippen molar-refractivity contribution in [1.82, 2.24) is 10.2 Å². The highest BCUT2D eigenvalue weighted by molar-refractivity contribution is 5.31. The van der Waals surface area contributed by atoms with Crippen LogP contribution in [0.4, 0.5) is 0 Å². The van der Waals surface area contributed by atoms with Gasteiger partial charge in [-0.3, -0.25) is 0 Å². The fourth-order valence-corrected chi connectivity index (χ4v) is 3.45. The van der Waals surface area contributed by atoms with Gasteiger partial charge in [-0.25, -0.2) is 0 Å². The summed E-state index contributed by atoms with van der Waals surface area (Å²) in [5, 5.41) is 3.76. The molecule has 0 spiro atoms. The van der Waals surface area contributed by atoms with E-state index in [0.29, 0.717) is 12.1 Å². The van der Waals surface area contributed by atoms with E-state index in [2.05, 4.69) is 41.4 Å². The molecule has 2 aliphatic rings. The van der Waals surface area contributed by atoms with Gasteiger partial charge in [-0.05, 0) is 44.0 Å². The van der Waals surface area contributed by atoms with E-state index in [4.69, 9.17) is 4.74 Å². The van der Waals surface area contributed by atoms with Gasteiger partial charge in [-0.2, -0.15) is 0 Å². The van der Waals surface area contributed by atoms with Gasteiger partial charge in [-0.1, -0.05) is 30.7 Å². The van der Waals surface area contributed by atoms with Crippen LogP contribution in [0, 0.1) is 0 Å². The molecule has 0 saturated carbocycles. The zero-order valence-corrected chi connectivity index (χ0v) is 12.5. The number of nitrogens with one attached hydrogen (secondary N) is 1. The first-order valence-corrected chi connectivity index (χ1v) is 7.97. The average molecular weight is 274 g/mol. The molecule has 2 heterocycles. The number of ether oxygens (including phenoxy) is 1. The maximum atomic E-state index is 5.72. The van der Waals surface area contributed by atoms with Crippen LogP contribution in [0.5, 0.6) is 0 Å². The summed E-state index contributed by atoms with van der Waals surface area (Å²) < 4.78 is 5.72. The van der Waals surface area contributed by atoms with Crippen molar-refractivity contribution in [3.8, 4) is 0 Å². The van der Waals surface area contributed by atoms with Crippen molar-refractivity contribution in [2.75, 3.05) is 26.2 Å². The number of hydrogen-bond acceptors (Lipinski definition) is 3. The molecular formula is C17H26N2O. The standard InChI is InChI=1S/C17H26N2O/c1-14(11-19-9-5-2-6-10-19)18-17-13-20-12-15-7-3-4-8-16(15)17/h3-4,7-8,14,17-18H,2,5-6,9-13H2,1H3. The van der Waals surface area contributed by atoms with Crippen molar-refractivity contribution in [1.29, 1.82) is 0 Å². The Morgan fingerprint density at radius 2 is 2.05 bits per heavy atom. The van der Waals surface area contributed by atoms with Crippen molar-refractivity contribution in [2.24, 2.45) is 0 Å². The summed E-state index contributed by atoms with van der Waals surface area (Å²) in [4.78, 5) is 2.59. The average Bonchev–Trinajstić information content (AvgIpc) is 2.48. The largest absolute Gasteiger partial charge is 0.375 e. The minimum Gasteiger partial charge on any atom is -0.375 e. The zero-order chi connectivity index (χ0) is 13.8. The van der Waals surface area contributed by atoms with E-state index in [-0.39, 0.29) is 0 Å². The fraction of sp³-hybridized carbons (Fsp3) is 0.647. The van der Waals surface area contributed by atoms with Crippen molar-refractivity contribution in [3.05, 3.63) is 35.4 Å². The van der Waals surface area contributed by atoms with Crippen LogP contribution < -0.4 is 5.32 Å². The predicted octanol–water partition coefficient (Wildman–Crippen LogP) is 2.72. The molecule has 3 nitrogen and oxygen atoms in total. The molecule has 0 aromatic heterocycles. The van der Waals surface area contributed by atoms with Gasteiger partial charge in [0.2, 0.25) is 0 Å². The van der Waals surface area contributed by atoms with Crippen molar-refractivity contribution in [2.45, 2.75) is 44.9 Å². The van der Waals surface area contributed by atoms with E-state index in [0.717, 1.165) is 19.8 Å². The second-order valence-corrected chi connectivity index (χ2v) is 6.20. The summed E-state index contributed by atoms with van der Waals surface area (Å²) in [7, 11) is 0. The lowest BCUT2D eigenvalue weighted by atomic mass is 9.98. The Balaban J connectivity index is 1.57. The summed E-state index contributed by atoms with van der Waals surface area (Å²) in [6.45, 7) is 7.54. The Labute approximate surface area is 122 Å². The molecule has 0 aliphatic carbocycles. The quantitative estimate of drug-likeness (QED) is 0.913. The third-order valence-corrected chi connectivity index (χ3v) is 4.44. The van der Waals surface area contributed by atoms with E-state index < -0.39 is 0 Å². The highest BCUT2D eigenvalue weighted by Gasteiger charge is 2.22. The second-order valence-electron chi connectivity index (χ2n) is 6.20. The highest BCUT2D eigenvalue weighted by Crippen LogP contribution is 2.24. The molecule has 1 aromatic carbocycles. The van der Waals surface area contributed by atoms with Crippen LogP contribution in [0.1, 0.15) is 43.4 Å². The van der Waals surface area contributed by atoms with Gasteiger partial charge < -0.3 is 15.0 Å². The molecule has 110 valence electrons. The van der Waals surface area contributed by atoms with Crippen LogP contribution in [-0.4, -0.2) is 37.2 Å². The van der Waals surface area contributed by atoms with E-state index in [1.54, 1.807) is 0 Å². The minimum absolute atomic E-state index is 0.347. The minimum atomic E-state index is 0.347. The lowest BCUT2D eigenvalue weighted by Crippen LogP contribution is -2.44. The lowest BCUT2D eigenvalue weighted by Gasteiger charge is -2.33. The summed E-state index contributed by atoms with van der Waals surface area (Å²) >= 11 is 0. The molecule has 1 fully saturated rings. The molecule has 1 saturated heterocycles. The summed E-state index contributed by atoms with van der Waals surface area (Å²) in [6, 6.07) is 9.50. The first-order valence-electron chi connectivity index (χ1n) is 7.97. The van der Waals surface area contributed by atoms with Gasteiger partial charge in [-0.15, -0.1) is 0 Å². The molecule has 0 amide bonds. The van der Waals surface area contributed by atoms with E-state index in [1.165, 1.54) is 43.5 Å². The normalized spacial score (nSPS) is 25.1. The van der Waals surface area contributed by atoms with E-state index in [1.807, 2.05) is 0 Å². The Kier molecular flexibility index (Phi) is 4.71. The molecule has 3 heteroatoms. The van der Waals surface area contributed by atoms with Crippen LogP contribution >= 0.6 is 0 Å². The Morgan fingerprint density at radius 3 is 2.90 bits per heavy atom. The van der Waals surface area contributed by atoms with Gasteiger partial charge in [0.05, 0.1) is 19.3 Å². The monoisotopic (exact) mass is 274 g/mol. The van der Waals surface area contributed by atoms with Crippen LogP contribution in [0.15, 0.2) is 24.3 Å². The molecule has 0 radical (unpaired) electrons. The van der Waals surface area contributed by atoms with Crippen LogP contribution in [0.2, 0.25) is 0 Å². The number of piperidine rings is 1. The maximum Gasteiger partial charge on any atom is 0.0721 e. The van der Waals surface area contributed by atoms with Gasteiger partial charge in [0, 0.05) is 12.6 Å². The number of nitrogens with zero attached hydrogens (tertiary/aromatic N) is 1. The zero-order valence-electron chi connectivity index (χ0n) is 12.5. The number of fused-ring (bicyclic) bond motifs is 1. The van der Waals surface area contributed by atoms with Gasteiger partial charge in [0.15, 0.2) is 0 Å². The van der Waals surface area contributed by atoms with Crippen LogP contribution in [0.25, 0.3) is 0 Å². The smallest absolute Gasteiger partial charge is 0.0721 e. The summed E-state index contributed by atoms with van der Waals surface area (Å²) in [5.74, 6) is 0. The number of likely N-dealkylation sites (tertiary alicyclic amines) is 1. The first kappa shape index (κ1) is 14.1. The molecule has 1 aromatic rings. The summed E-state index contributed by atoms with van der Waals surface area (Å²) in [6.07, 6.45) is 4.13. The van der Waals surface area contributed by atoms with Crippen molar-refractivity contribution >= 4 is 0 Å². The number of benzene rings is 1. The van der Waals surface area contributed by atoms with Gasteiger partial charge >= 0.3 is 0 Å².